The molecule has 10 heteroatoms. The van der Waals surface area contributed by atoms with Gasteiger partial charge >= 0.3 is 0 Å². The summed E-state index contributed by atoms with van der Waals surface area (Å²) in [5.41, 5.74) is 0.0498. The van der Waals surface area contributed by atoms with Crippen molar-refractivity contribution in [3.8, 4) is 5.75 Å². The van der Waals surface area contributed by atoms with Crippen LogP contribution in [0, 0.1) is 0 Å². The summed E-state index contributed by atoms with van der Waals surface area (Å²) in [6.45, 7) is 0.965. The van der Waals surface area contributed by atoms with Gasteiger partial charge in [0.2, 0.25) is 0 Å². The molecule has 0 bridgehead atoms. The first-order valence-corrected chi connectivity index (χ1v) is 6.37. The number of amides is 1. The molecule has 1 amide bonds. The van der Waals surface area contributed by atoms with Gasteiger partial charge in [0.05, 0.1) is 6.04 Å². The molecule has 0 aromatic carbocycles. The zero-order valence-corrected chi connectivity index (χ0v) is 11.9. The smallest absolute Gasteiger partial charge is 0.272 e. The Hall–Kier alpha value is -2.65. The highest BCUT2D eigenvalue weighted by atomic mass is 19.3. The Morgan fingerprint density at radius 2 is 2.27 bits per heavy atom. The third kappa shape index (κ3) is 3.93. The van der Waals surface area contributed by atoms with Gasteiger partial charge in [-0.3, -0.25) is 9.78 Å². The number of hydrogen-bond donors (Lipinski definition) is 1. The van der Waals surface area contributed by atoms with Crippen LogP contribution < -0.4 is 10.1 Å². The van der Waals surface area contributed by atoms with Crippen LogP contribution in [0.3, 0.4) is 0 Å². The second-order valence-corrected chi connectivity index (χ2v) is 4.43. The first kappa shape index (κ1) is 15.7. The van der Waals surface area contributed by atoms with Crippen LogP contribution in [0.25, 0.3) is 0 Å². The maximum Gasteiger partial charge on any atom is 0.272 e. The van der Waals surface area contributed by atoms with Crippen LogP contribution >= 0.6 is 0 Å². The summed E-state index contributed by atoms with van der Waals surface area (Å²) in [5, 5.41) is 13.6. The average molecular weight is 312 g/mol. The van der Waals surface area contributed by atoms with Gasteiger partial charge in [-0.2, -0.15) is 0 Å². The fourth-order valence-electron chi connectivity index (χ4n) is 1.72. The standard InChI is InChI=1S/C12H14F2N6O2/c1-7(11-17-18-19-20(11)2)16-12(21)9-5-8(3-4-15-9)22-6-10(13)14/h3-5,7,10H,6H2,1-2H3,(H,16,21)/t7-/m1/s1. The fourth-order valence-corrected chi connectivity index (χ4v) is 1.72. The lowest BCUT2D eigenvalue weighted by Crippen LogP contribution is -2.29. The summed E-state index contributed by atoms with van der Waals surface area (Å²) >= 11 is 0. The second kappa shape index (κ2) is 6.87. The third-order valence-corrected chi connectivity index (χ3v) is 2.73. The molecule has 0 aliphatic carbocycles. The summed E-state index contributed by atoms with van der Waals surface area (Å²) < 4.78 is 30.5. The van der Waals surface area contributed by atoms with Crippen LogP contribution in [0.4, 0.5) is 8.78 Å². The Morgan fingerprint density at radius 3 is 2.91 bits per heavy atom. The van der Waals surface area contributed by atoms with Crippen molar-refractivity contribution in [2.45, 2.75) is 19.4 Å². The third-order valence-electron chi connectivity index (χ3n) is 2.73. The molecule has 8 nitrogen and oxygen atoms in total. The molecule has 1 atom stereocenters. The summed E-state index contributed by atoms with van der Waals surface area (Å²) in [5.74, 6) is 0.130. The number of hydrogen-bond acceptors (Lipinski definition) is 6. The van der Waals surface area contributed by atoms with E-state index in [-0.39, 0.29) is 11.4 Å². The van der Waals surface area contributed by atoms with Crippen LogP contribution in [0.15, 0.2) is 18.3 Å². The molecule has 118 valence electrons. The van der Waals surface area contributed by atoms with Crippen molar-refractivity contribution in [2.24, 2.45) is 7.05 Å². The van der Waals surface area contributed by atoms with Gasteiger partial charge in [0.25, 0.3) is 12.3 Å². The van der Waals surface area contributed by atoms with Crippen LogP contribution in [0.1, 0.15) is 29.3 Å². The molecular formula is C12H14F2N6O2. The first-order valence-electron chi connectivity index (χ1n) is 6.37. The second-order valence-electron chi connectivity index (χ2n) is 4.43. The van der Waals surface area contributed by atoms with Gasteiger partial charge < -0.3 is 10.1 Å². The van der Waals surface area contributed by atoms with Gasteiger partial charge in [-0.25, -0.2) is 13.5 Å². The maximum atomic E-state index is 12.1. The number of halogens is 2. The number of pyridine rings is 1. The number of rotatable bonds is 6. The molecule has 0 saturated carbocycles. The van der Waals surface area contributed by atoms with E-state index in [1.807, 2.05) is 0 Å². The lowest BCUT2D eigenvalue weighted by atomic mass is 10.2. The molecule has 1 N–H and O–H groups in total. The molecule has 2 rings (SSSR count). The van der Waals surface area contributed by atoms with Crippen molar-refractivity contribution in [1.82, 2.24) is 30.5 Å². The van der Waals surface area contributed by atoms with E-state index in [1.54, 1.807) is 14.0 Å². The molecule has 22 heavy (non-hydrogen) atoms. The summed E-state index contributed by atoms with van der Waals surface area (Å²) in [7, 11) is 1.65. The Bertz CT molecular complexity index is 648. The number of ether oxygens (including phenoxy) is 1. The molecule has 2 aromatic heterocycles. The zero-order valence-electron chi connectivity index (χ0n) is 11.9. The van der Waals surface area contributed by atoms with E-state index < -0.39 is 25.0 Å². The first-order chi connectivity index (χ1) is 10.5. The molecule has 0 spiro atoms. The lowest BCUT2D eigenvalue weighted by molar-refractivity contribution is 0.0817. The van der Waals surface area contributed by atoms with E-state index in [4.69, 9.17) is 4.74 Å². The predicted octanol–water partition coefficient (Wildman–Crippen LogP) is 0.740. The van der Waals surface area contributed by atoms with Gasteiger partial charge in [-0.1, -0.05) is 0 Å². The van der Waals surface area contributed by atoms with E-state index in [1.165, 1.54) is 23.0 Å². The highest BCUT2D eigenvalue weighted by Crippen LogP contribution is 2.13. The fraction of sp³-hybridized carbons (Fsp3) is 0.417. The van der Waals surface area contributed by atoms with Crippen LogP contribution in [0.5, 0.6) is 5.75 Å². The summed E-state index contributed by atoms with van der Waals surface area (Å²) in [6, 6.07) is 2.24. The highest BCUT2D eigenvalue weighted by Gasteiger charge is 2.17. The largest absolute Gasteiger partial charge is 0.488 e. The molecule has 0 aliphatic heterocycles. The number of alkyl halides is 2. The Kier molecular flexibility index (Phi) is 4.92. The Morgan fingerprint density at radius 1 is 1.50 bits per heavy atom. The monoisotopic (exact) mass is 312 g/mol. The van der Waals surface area contributed by atoms with E-state index >= 15 is 0 Å². The molecule has 0 saturated heterocycles. The van der Waals surface area contributed by atoms with Crippen LogP contribution in [-0.4, -0.2) is 44.1 Å². The van der Waals surface area contributed by atoms with E-state index in [9.17, 15) is 13.6 Å². The highest BCUT2D eigenvalue weighted by molar-refractivity contribution is 5.92. The van der Waals surface area contributed by atoms with E-state index in [2.05, 4.69) is 25.8 Å². The van der Waals surface area contributed by atoms with Crippen molar-refractivity contribution in [3.63, 3.8) is 0 Å². The Labute approximate surface area is 124 Å². The SMILES string of the molecule is C[C@@H](NC(=O)c1cc(OCC(F)F)ccn1)c1nnnn1C. The lowest BCUT2D eigenvalue weighted by Gasteiger charge is -2.12. The van der Waals surface area contributed by atoms with E-state index in [0.717, 1.165) is 0 Å². The molecule has 0 fully saturated rings. The van der Waals surface area contributed by atoms with Crippen molar-refractivity contribution in [3.05, 3.63) is 29.8 Å². The number of carbonyl (C=O) groups excluding carboxylic acids is 1. The average Bonchev–Trinajstić information content (AvgIpc) is 2.91. The molecule has 2 heterocycles. The van der Waals surface area contributed by atoms with Gasteiger partial charge in [-0.05, 0) is 23.4 Å². The number of nitrogens with one attached hydrogen (secondary N) is 1. The minimum absolute atomic E-state index is 0.0498. The van der Waals surface area contributed by atoms with Gasteiger partial charge in [0, 0.05) is 19.3 Å². The van der Waals surface area contributed by atoms with Crippen molar-refractivity contribution < 1.29 is 18.3 Å². The normalized spacial score (nSPS) is 12.2. The van der Waals surface area contributed by atoms with Gasteiger partial charge in [0.15, 0.2) is 5.82 Å². The number of aromatic nitrogens is 5. The molecule has 0 aliphatic rings. The summed E-state index contributed by atoms with van der Waals surface area (Å²) in [6.07, 6.45) is -1.28. The molecular weight excluding hydrogens is 298 g/mol. The zero-order chi connectivity index (χ0) is 16.1. The summed E-state index contributed by atoms with van der Waals surface area (Å²) in [4.78, 5) is 16.0. The van der Waals surface area contributed by atoms with Crippen molar-refractivity contribution in [2.75, 3.05) is 6.61 Å². The van der Waals surface area contributed by atoms with Gasteiger partial charge in [-0.15, -0.1) is 5.10 Å². The van der Waals surface area contributed by atoms with Crippen LogP contribution in [0.2, 0.25) is 0 Å². The topological polar surface area (TPSA) is 94.8 Å². The number of nitrogens with zero attached hydrogens (tertiary/aromatic N) is 5. The maximum absolute atomic E-state index is 12.1. The van der Waals surface area contributed by atoms with E-state index in [0.29, 0.717) is 5.82 Å². The number of aryl methyl sites for hydroxylation is 1. The number of tetrazole rings is 1. The molecule has 0 radical (unpaired) electrons. The predicted molar refractivity (Wildman–Crippen MR) is 70.4 cm³/mol. The van der Waals surface area contributed by atoms with Gasteiger partial charge in [0.1, 0.15) is 18.1 Å². The minimum atomic E-state index is -2.59. The number of carbonyl (C=O) groups is 1. The van der Waals surface area contributed by atoms with Crippen molar-refractivity contribution in [1.29, 1.82) is 0 Å². The minimum Gasteiger partial charge on any atom is -0.488 e. The Balaban J connectivity index is 2.03. The molecule has 0 unspecified atom stereocenters. The van der Waals surface area contributed by atoms with Crippen LogP contribution in [-0.2, 0) is 7.05 Å². The molecule has 2 aromatic rings. The quantitative estimate of drug-likeness (QED) is 0.845. The van der Waals surface area contributed by atoms with Crippen molar-refractivity contribution >= 4 is 5.91 Å².